The summed E-state index contributed by atoms with van der Waals surface area (Å²) in [5.74, 6) is -1.80. The number of phenolic OH excluding ortho intramolecular Hbond substituents is 3. The molecular formula is C23H24O11. The second-order valence-electron chi connectivity index (χ2n) is 7.36. The van der Waals surface area contributed by atoms with E-state index in [1.807, 2.05) is 0 Å². The topological polar surface area (TPSA) is 186 Å². The molecule has 0 spiro atoms. The van der Waals surface area contributed by atoms with Crippen LogP contribution >= 0.6 is 0 Å². The summed E-state index contributed by atoms with van der Waals surface area (Å²) in [6, 6.07) is 8.13. The molecule has 1 saturated heterocycles. The zero-order chi connectivity index (χ0) is 24.8. The molecule has 3 rings (SSSR count). The second-order valence-corrected chi connectivity index (χ2v) is 7.36. The van der Waals surface area contributed by atoms with E-state index in [-0.39, 0.29) is 23.0 Å². The molecule has 11 heteroatoms. The Morgan fingerprint density at radius 2 is 1.56 bits per heavy atom. The maximum Gasteiger partial charge on any atom is 0.335 e. The Balaban J connectivity index is 1.63. The van der Waals surface area contributed by atoms with E-state index in [0.29, 0.717) is 11.1 Å². The van der Waals surface area contributed by atoms with Gasteiger partial charge in [-0.1, -0.05) is 12.1 Å². The molecule has 0 saturated carbocycles. The number of hydrogen-bond acceptors (Lipinski definition) is 11. The highest BCUT2D eigenvalue weighted by Gasteiger charge is 2.44. The van der Waals surface area contributed by atoms with Gasteiger partial charge in [0.05, 0.1) is 12.9 Å². The summed E-state index contributed by atoms with van der Waals surface area (Å²) in [5.41, 5.74) is 0.891. The smallest absolute Gasteiger partial charge is 0.335 e. The third kappa shape index (κ3) is 6.04. The van der Waals surface area contributed by atoms with Crippen LogP contribution in [0.25, 0.3) is 12.2 Å². The minimum Gasteiger partial charge on any atom is -0.504 e. The summed E-state index contributed by atoms with van der Waals surface area (Å²) in [7, 11) is 0. The number of benzene rings is 2. The van der Waals surface area contributed by atoms with Crippen LogP contribution in [0.3, 0.4) is 0 Å². The summed E-state index contributed by atoms with van der Waals surface area (Å²) in [5, 5.41) is 67.8. The summed E-state index contributed by atoms with van der Waals surface area (Å²) >= 11 is 0. The van der Waals surface area contributed by atoms with Gasteiger partial charge in [0.1, 0.15) is 24.4 Å². The maximum absolute atomic E-state index is 11.9. The molecule has 0 bridgehead atoms. The molecule has 7 N–H and O–H groups in total. The highest BCUT2D eigenvalue weighted by Crippen LogP contribution is 2.31. The Labute approximate surface area is 193 Å². The zero-order valence-electron chi connectivity index (χ0n) is 17.6. The lowest BCUT2D eigenvalue weighted by molar-refractivity contribution is -0.277. The Morgan fingerprint density at radius 3 is 2.24 bits per heavy atom. The predicted octanol–water partition coefficient (Wildman–Crippen LogP) is 0.209. The van der Waals surface area contributed by atoms with E-state index in [4.69, 9.17) is 14.2 Å². The fourth-order valence-corrected chi connectivity index (χ4v) is 3.05. The summed E-state index contributed by atoms with van der Waals surface area (Å²) in [6.45, 7) is -0.635. The van der Waals surface area contributed by atoms with Gasteiger partial charge in [0.25, 0.3) is 0 Å². The molecule has 5 atom stereocenters. The lowest BCUT2D eigenvalue weighted by Crippen LogP contribution is -2.60. The van der Waals surface area contributed by atoms with Crippen LogP contribution in [0.4, 0.5) is 0 Å². The first-order valence-electron chi connectivity index (χ1n) is 10.1. The van der Waals surface area contributed by atoms with Gasteiger partial charge >= 0.3 is 5.97 Å². The van der Waals surface area contributed by atoms with Crippen LogP contribution in [0.5, 0.6) is 23.0 Å². The van der Waals surface area contributed by atoms with Crippen LogP contribution < -0.4 is 4.74 Å². The number of carbonyl (C=O) groups excluding carboxylic acids is 1. The number of phenols is 3. The molecule has 182 valence electrons. The van der Waals surface area contributed by atoms with Crippen molar-refractivity contribution in [1.82, 2.24) is 0 Å². The highest BCUT2D eigenvalue weighted by atomic mass is 16.7. The van der Waals surface area contributed by atoms with Gasteiger partial charge in [-0.05, 0) is 47.5 Å². The Bertz CT molecular complexity index is 1060. The minimum absolute atomic E-state index is 0.146. The first-order valence-corrected chi connectivity index (χ1v) is 10.1. The van der Waals surface area contributed by atoms with Crippen molar-refractivity contribution >= 4 is 18.1 Å². The quantitative estimate of drug-likeness (QED) is 0.125. The van der Waals surface area contributed by atoms with Gasteiger partial charge in [-0.3, -0.25) is 0 Å². The number of rotatable bonds is 7. The van der Waals surface area contributed by atoms with E-state index < -0.39 is 43.3 Å². The number of ether oxygens (including phenoxy) is 3. The van der Waals surface area contributed by atoms with Gasteiger partial charge in [-0.2, -0.15) is 0 Å². The molecule has 0 amide bonds. The van der Waals surface area contributed by atoms with Gasteiger partial charge in [-0.15, -0.1) is 0 Å². The van der Waals surface area contributed by atoms with E-state index in [0.717, 1.165) is 12.3 Å². The number of hydrogen-bond donors (Lipinski definition) is 7. The van der Waals surface area contributed by atoms with E-state index in [9.17, 15) is 40.5 Å². The van der Waals surface area contributed by atoms with Crippen molar-refractivity contribution < 1.29 is 54.8 Å². The first kappa shape index (κ1) is 25.0. The van der Waals surface area contributed by atoms with Gasteiger partial charge < -0.3 is 50.0 Å². The molecular weight excluding hydrogens is 452 g/mol. The van der Waals surface area contributed by atoms with Gasteiger partial charge in [-0.25, -0.2) is 4.79 Å². The van der Waals surface area contributed by atoms with E-state index in [2.05, 4.69) is 0 Å². The predicted molar refractivity (Wildman–Crippen MR) is 116 cm³/mol. The number of aliphatic hydroxyl groups excluding tert-OH is 4. The van der Waals surface area contributed by atoms with Crippen LogP contribution in [0, 0.1) is 0 Å². The fourth-order valence-electron chi connectivity index (χ4n) is 3.05. The van der Waals surface area contributed by atoms with Crippen molar-refractivity contribution in [2.75, 3.05) is 6.61 Å². The highest BCUT2D eigenvalue weighted by molar-refractivity contribution is 5.87. The third-order valence-electron chi connectivity index (χ3n) is 4.93. The molecule has 2 aromatic carbocycles. The van der Waals surface area contributed by atoms with Crippen LogP contribution in [0.2, 0.25) is 0 Å². The van der Waals surface area contributed by atoms with Gasteiger partial charge in [0.15, 0.2) is 23.0 Å². The van der Waals surface area contributed by atoms with E-state index in [1.165, 1.54) is 48.6 Å². The molecule has 2 aromatic rings. The zero-order valence-corrected chi connectivity index (χ0v) is 17.6. The van der Waals surface area contributed by atoms with E-state index >= 15 is 0 Å². The molecule has 1 heterocycles. The van der Waals surface area contributed by atoms with Gasteiger partial charge in [0, 0.05) is 6.08 Å². The number of aliphatic hydroxyl groups is 4. The molecule has 1 aliphatic rings. The fraction of sp³-hybridized carbons (Fsp3) is 0.261. The summed E-state index contributed by atoms with van der Waals surface area (Å²) in [6.07, 6.45) is -2.56. The summed E-state index contributed by atoms with van der Waals surface area (Å²) in [4.78, 5) is 11.9. The average molecular weight is 476 g/mol. The van der Waals surface area contributed by atoms with Crippen LogP contribution in [0.1, 0.15) is 11.1 Å². The van der Waals surface area contributed by atoms with Crippen LogP contribution in [-0.4, -0.2) is 79.0 Å². The van der Waals surface area contributed by atoms with Crippen LogP contribution in [-0.2, 0) is 14.3 Å². The number of aromatic hydroxyl groups is 3. The van der Waals surface area contributed by atoms with Crippen molar-refractivity contribution in [3.63, 3.8) is 0 Å². The van der Waals surface area contributed by atoms with Crippen molar-refractivity contribution in [3.05, 3.63) is 59.9 Å². The maximum atomic E-state index is 11.9. The molecule has 0 unspecified atom stereocenters. The molecule has 1 aliphatic heterocycles. The Hall–Kier alpha value is -3.61. The lowest BCUT2D eigenvalue weighted by atomic mass is 9.99. The van der Waals surface area contributed by atoms with Crippen molar-refractivity contribution in [3.8, 4) is 23.0 Å². The monoisotopic (exact) mass is 476 g/mol. The SMILES string of the molecule is O=C(/C=C/c1ccc(O)c(O[C@@H]2O[C@H](CO)[C@@H](O)[C@H](O)[C@H]2O)c1)O/C=C\c1ccc(O)c(O)c1. The van der Waals surface area contributed by atoms with Gasteiger partial charge in [0.2, 0.25) is 6.29 Å². The first-order chi connectivity index (χ1) is 16.2. The number of esters is 1. The molecule has 0 aromatic heterocycles. The molecule has 11 nitrogen and oxygen atoms in total. The summed E-state index contributed by atoms with van der Waals surface area (Å²) < 4.78 is 15.6. The molecule has 34 heavy (non-hydrogen) atoms. The third-order valence-corrected chi connectivity index (χ3v) is 4.93. The largest absolute Gasteiger partial charge is 0.504 e. The molecule has 0 aliphatic carbocycles. The Kier molecular flexibility index (Phi) is 8.10. The Morgan fingerprint density at radius 1 is 0.882 bits per heavy atom. The number of carbonyl (C=O) groups is 1. The van der Waals surface area contributed by atoms with Crippen LogP contribution in [0.15, 0.2) is 48.7 Å². The lowest BCUT2D eigenvalue weighted by Gasteiger charge is -2.39. The van der Waals surface area contributed by atoms with Crippen molar-refractivity contribution in [2.45, 2.75) is 30.7 Å². The van der Waals surface area contributed by atoms with Crippen molar-refractivity contribution in [2.24, 2.45) is 0 Å². The standard InChI is InChI=1S/C23H24O11/c24-11-18-20(29)21(30)22(31)23(34-18)33-17-10-12(2-5-15(17)26)3-6-19(28)32-8-7-13-1-4-14(25)16(27)9-13/h1-10,18,20-27,29-31H,11H2/b6-3+,8-7-/t18-,20-,21+,22-,23-/m1/s1. The molecule has 1 fully saturated rings. The minimum atomic E-state index is -1.66. The van der Waals surface area contributed by atoms with Crippen molar-refractivity contribution in [1.29, 1.82) is 0 Å². The average Bonchev–Trinajstić information content (AvgIpc) is 2.82. The second kappa shape index (κ2) is 11.0. The molecule has 0 radical (unpaired) electrons. The normalized spacial score (nSPS) is 25.0. The van der Waals surface area contributed by atoms with E-state index in [1.54, 1.807) is 0 Å².